The molecule has 36 heavy (non-hydrogen) atoms. The van der Waals surface area contributed by atoms with E-state index in [9.17, 15) is 28.8 Å². The van der Waals surface area contributed by atoms with Gasteiger partial charge < -0.3 is 29.6 Å². The SMILES string of the molecule is CN1C(=O)[C@@]2(OC=C2C=O)c2cccc(Br)c21.CO.O=C1Nc2c(Br)cccc2C1=O.O=CCC=O. The third-order valence-corrected chi connectivity index (χ3v) is 6.40. The average molecular weight is 624 g/mol. The van der Waals surface area contributed by atoms with Crippen molar-refractivity contribution in [3.63, 3.8) is 0 Å². The number of likely N-dealkylation sites (N-methyl/N-ethyl adjacent to an activating group) is 1. The van der Waals surface area contributed by atoms with Gasteiger partial charge in [-0.3, -0.25) is 19.2 Å². The zero-order valence-corrected chi connectivity index (χ0v) is 22.2. The van der Waals surface area contributed by atoms with E-state index in [0.29, 0.717) is 41.2 Å². The number of rotatable bonds is 3. The van der Waals surface area contributed by atoms with E-state index in [1.165, 1.54) is 11.2 Å². The maximum atomic E-state index is 12.3. The number of aliphatic hydroxyl groups is 1. The third-order valence-electron chi connectivity index (χ3n) is 5.10. The molecule has 5 rings (SSSR count). The lowest BCUT2D eigenvalue weighted by Gasteiger charge is -2.34. The van der Waals surface area contributed by atoms with E-state index in [1.807, 2.05) is 12.1 Å². The van der Waals surface area contributed by atoms with Crippen molar-refractivity contribution in [3.8, 4) is 0 Å². The fourth-order valence-electron chi connectivity index (χ4n) is 3.51. The average Bonchev–Trinajstić information content (AvgIpc) is 3.29. The summed E-state index contributed by atoms with van der Waals surface area (Å²) >= 11 is 6.64. The number of para-hydroxylation sites is 2. The molecule has 2 aromatic carbocycles. The Morgan fingerprint density at radius 3 is 2.11 bits per heavy atom. The number of aliphatic hydroxyl groups excluding tert-OH is 1. The van der Waals surface area contributed by atoms with Crippen molar-refractivity contribution in [1.29, 1.82) is 0 Å². The largest absolute Gasteiger partial charge is 0.474 e. The van der Waals surface area contributed by atoms with Gasteiger partial charge in [-0.1, -0.05) is 18.2 Å². The second-order valence-electron chi connectivity index (χ2n) is 7.00. The number of anilines is 2. The van der Waals surface area contributed by atoms with Crippen LogP contribution in [0.15, 0.2) is 57.2 Å². The molecule has 3 aliphatic heterocycles. The predicted octanol–water partition coefficient (Wildman–Crippen LogP) is 2.70. The number of aldehydes is 3. The molecule has 0 bridgehead atoms. The fourth-order valence-corrected chi connectivity index (χ4v) is 4.61. The Bertz CT molecular complexity index is 1250. The van der Waals surface area contributed by atoms with E-state index in [2.05, 4.69) is 37.2 Å². The molecule has 10 nitrogen and oxygen atoms in total. The quantitative estimate of drug-likeness (QED) is 0.301. The molecular weight excluding hydrogens is 604 g/mol. The van der Waals surface area contributed by atoms with Crippen LogP contribution in [0.1, 0.15) is 22.3 Å². The normalized spacial score (nSPS) is 17.8. The van der Waals surface area contributed by atoms with Crippen LogP contribution >= 0.6 is 31.9 Å². The van der Waals surface area contributed by atoms with E-state index < -0.39 is 17.3 Å². The molecule has 1 spiro atoms. The Balaban J connectivity index is 0.000000210. The summed E-state index contributed by atoms with van der Waals surface area (Å²) in [7, 11) is 2.67. The van der Waals surface area contributed by atoms with Gasteiger partial charge in [0.25, 0.3) is 17.6 Å². The van der Waals surface area contributed by atoms with E-state index in [-0.39, 0.29) is 12.3 Å². The second-order valence-corrected chi connectivity index (χ2v) is 8.71. The number of hydrogen-bond donors (Lipinski definition) is 2. The summed E-state index contributed by atoms with van der Waals surface area (Å²) in [5, 5.41) is 9.48. The van der Waals surface area contributed by atoms with Gasteiger partial charge in [-0.25, -0.2) is 0 Å². The van der Waals surface area contributed by atoms with E-state index in [1.54, 1.807) is 31.3 Å². The summed E-state index contributed by atoms with van der Waals surface area (Å²) in [4.78, 5) is 65.1. The van der Waals surface area contributed by atoms with Crippen molar-refractivity contribution in [3.05, 3.63) is 68.3 Å². The lowest BCUT2D eigenvalue weighted by Crippen LogP contribution is -2.46. The summed E-state index contributed by atoms with van der Waals surface area (Å²) < 4.78 is 6.89. The number of fused-ring (bicyclic) bond motifs is 3. The molecule has 0 unspecified atom stereocenters. The number of carbonyl (C=O) groups excluding carboxylic acids is 6. The predicted molar refractivity (Wildman–Crippen MR) is 136 cm³/mol. The minimum Gasteiger partial charge on any atom is -0.474 e. The van der Waals surface area contributed by atoms with Gasteiger partial charge in [0.05, 0.1) is 35.2 Å². The van der Waals surface area contributed by atoms with Crippen LogP contribution in [0.25, 0.3) is 0 Å². The molecule has 0 aromatic heterocycles. The molecule has 0 aliphatic carbocycles. The first kappa shape index (κ1) is 28.8. The van der Waals surface area contributed by atoms with Crippen molar-refractivity contribution in [2.24, 2.45) is 0 Å². The number of Topliss-reactive ketones (excluding diaryl/α,β-unsaturated/α-hetero) is 1. The number of amides is 2. The molecule has 3 heterocycles. The summed E-state index contributed by atoms with van der Waals surface area (Å²) in [6.07, 6.45) is 3.15. The van der Waals surface area contributed by atoms with Gasteiger partial charge in [-0.2, -0.15) is 0 Å². The molecule has 0 saturated carbocycles. The minimum atomic E-state index is -1.21. The summed E-state index contributed by atoms with van der Waals surface area (Å²) in [6.45, 7) is 0. The van der Waals surface area contributed by atoms with E-state index >= 15 is 0 Å². The highest BCUT2D eigenvalue weighted by Gasteiger charge is 2.59. The van der Waals surface area contributed by atoms with Gasteiger partial charge in [-0.05, 0) is 50.1 Å². The Morgan fingerprint density at radius 2 is 1.61 bits per heavy atom. The topological polar surface area (TPSA) is 147 Å². The van der Waals surface area contributed by atoms with Crippen LogP contribution in [-0.2, 0) is 34.3 Å². The van der Waals surface area contributed by atoms with Gasteiger partial charge in [-0.15, -0.1) is 0 Å². The molecule has 0 radical (unpaired) electrons. The highest BCUT2D eigenvalue weighted by molar-refractivity contribution is 9.11. The van der Waals surface area contributed by atoms with E-state index in [4.69, 9.17) is 9.84 Å². The standard InChI is InChI=1S/C12H8BrNO3.C8H4BrNO2.C3H4O2.CH4O/c1-14-10-8(3-2-4-9(10)13)12(11(14)16)7(5-15)6-17-12;9-5-3-1-2-4-6(5)10-8(12)7(4)11;4-2-1-3-5;1-2/h2-6H,1H3;1-3H,(H,10,11,12);2-3H,1H2;2H,1H3/t12-;;;/m0.../s1. The number of hydrogen-bond acceptors (Lipinski definition) is 8. The Morgan fingerprint density at radius 1 is 1.00 bits per heavy atom. The second kappa shape index (κ2) is 12.5. The molecule has 2 aromatic rings. The molecule has 0 saturated heterocycles. The number of benzene rings is 2. The molecule has 1 atom stereocenters. The first-order valence-corrected chi connectivity index (χ1v) is 11.7. The fraction of sp³-hybridized carbons (Fsp3) is 0.167. The number of ether oxygens (including phenoxy) is 1. The molecule has 0 fully saturated rings. The van der Waals surface area contributed by atoms with Crippen LogP contribution in [0.4, 0.5) is 11.4 Å². The van der Waals surface area contributed by atoms with Gasteiger partial charge in [0, 0.05) is 28.7 Å². The first-order valence-electron chi connectivity index (χ1n) is 10.1. The molecule has 2 amide bonds. The number of ketones is 1. The van der Waals surface area contributed by atoms with Crippen LogP contribution in [-0.4, -0.2) is 55.7 Å². The van der Waals surface area contributed by atoms with E-state index in [0.717, 1.165) is 21.7 Å². The lowest BCUT2D eigenvalue weighted by atomic mass is 9.85. The molecule has 188 valence electrons. The van der Waals surface area contributed by atoms with Crippen molar-refractivity contribution < 1.29 is 38.6 Å². The number of nitrogens with one attached hydrogen (secondary N) is 1. The molecule has 3 aliphatic rings. The summed E-state index contributed by atoms with van der Waals surface area (Å²) in [5.41, 5.74) is 1.64. The Kier molecular flexibility index (Phi) is 9.96. The van der Waals surface area contributed by atoms with Crippen LogP contribution in [0.2, 0.25) is 0 Å². The summed E-state index contributed by atoms with van der Waals surface area (Å²) in [6, 6.07) is 10.6. The van der Waals surface area contributed by atoms with Crippen molar-refractivity contribution >= 4 is 79.7 Å². The van der Waals surface area contributed by atoms with Crippen LogP contribution in [0.5, 0.6) is 0 Å². The van der Waals surface area contributed by atoms with Crippen molar-refractivity contribution in [2.75, 3.05) is 24.4 Å². The van der Waals surface area contributed by atoms with Crippen LogP contribution in [0, 0.1) is 0 Å². The molecule has 12 heteroatoms. The minimum absolute atomic E-state index is 0.0278. The smallest absolute Gasteiger partial charge is 0.296 e. The monoisotopic (exact) mass is 622 g/mol. The van der Waals surface area contributed by atoms with Gasteiger partial charge >= 0.3 is 0 Å². The maximum Gasteiger partial charge on any atom is 0.296 e. The molecular formula is C24H20Br2N2O8. The first-order chi connectivity index (χ1) is 17.2. The highest BCUT2D eigenvalue weighted by atomic mass is 79.9. The Labute approximate surface area is 222 Å². The zero-order valence-electron chi connectivity index (χ0n) is 19.0. The van der Waals surface area contributed by atoms with Crippen LogP contribution in [0.3, 0.4) is 0 Å². The van der Waals surface area contributed by atoms with Crippen molar-refractivity contribution in [1.82, 2.24) is 0 Å². The van der Waals surface area contributed by atoms with Gasteiger partial charge in [0.2, 0.25) is 5.60 Å². The van der Waals surface area contributed by atoms with Gasteiger partial charge in [0.1, 0.15) is 12.6 Å². The maximum absolute atomic E-state index is 12.3. The third kappa shape index (κ3) is 5.06. The van der Waals surface area contributed by atoms with Gasteiger partial charge in [0.15, 0.2) is 6.29 Å². The van der Waals surface area contributed by atoms with Crippen LogP contribution < -0.4 is 10.2 Å². The lowest BCUT2D eigenvalue weighted by molar-refractivity contribution is -0.139. The number of nitrogens with zero attached hydrogens (tertiary/aromatic N) is 1. The van der Waals surface area contributed by atoms with Crippen molar-refractivity contribution in [2.45, 2.75) is 12.0 Å². The number of halogens is 2. The highest BCUT2D eigenvalue weighted by Crippen LogP contribution is 2.52. The molecule has 2 N–H and O–H groups in total. The number of carbonyl (C=O) groups is 6. The summed E-state index contributed by atoms with van der Waals surface area (Å²) in [5.74, 6) is -1.26. The Hall–Kier alpha value is -3.48. The zero-order chi connectivity index (χ0) is 27.0.